The Hall–Kier alpha value is -4.31. The van der Waals surface area contributed by atoms with Crippen LogP contribution in [0.15, 0.2) is 73.1 Å². The van der Waals surface area contributed by atoms with E-state index in [9.17, 15) is 13.6 Å². The van der Waals surface area contributed by atoms with Crippen molar-refractivity contribution in [1.29, 1.82) is 0 Å². The molecule has 8 nitrogen and oxygen atoms in total. The lowest BCUT2D eigenvalue weighted by atomic mass is 10.0. The van der Waals surface area contributed by atoms with Crippen LogP contribution < -0.4 is 10.5 Å². The van der Waals surface area contributed by atoms with Crippen molar-refractivity contribution < 1.29 is 18.3 Å². The summed E-state index contributed by atoms with van der Waals surface area (Å²) < 4.78 is 37.3. The number of anilines is 1. The lowest BCUT2D eigenvalue weighted by Gasteiger charge is -2.19. The summed E-state index contributed by atoms with van der Waals surface area (Å²) in [7, 11) is 2.05. The van der Waals surface area contributed by atoms with E-state index in [-0.39, 0.29) is 30.9 Å². The Morgan fingerprint density at radius 3 is 2.50 bits per heavy atom. The second-order valence-electron chi connectivity index (χ2n) is 10.6. The maximum Gasteiger partial charge on any atom is 0.279 e. The fourth-order valence-electron chi connectivity index (χ4n) is 5.61. The Kier molecular flexibility index (Phi) is 8.54. The lowest BCUT2D eigenvalue weighted by Crippen LogP contribution is -2.28. The number of carbonyl (C=O) groups excluding carboxylic acids is 1. The minimum atomic E-state index is -2.80. The molecule has 1 saturated heterocycles. The maximum absolute atomic E-state index is 14.9. The number of hydrogen-bond donors (Lipinski definition) is 1. The highest BCUT2D eigenvalue weighted by molar-refractivity contribution is 6.02. The Balaban J connectivity index is 0.00000353. The Bertz CT molecular complexity index is 1570. The third-order valence-electron chi connectivity index (χ3n) is 7.84. The number of para-hydroxylation sites is 1. The molecule has 42 heavy (non-hydrogen) atoms. The van der Waals surface area contributed by atoms with E-state index in [0.717, 1.165) is 0 Å². The van der Waals surface area contributed by atoms with Gasteiger partial charge in [-0.05, 0) is 56.1 Å². The molecule has 2 aliphatic rings. The second-order valence-corrected chi connectivity index (χ2v) is 10.6. The largest absolute Gasteiger partial charge is 0.457 e. The van der Waals surface area contributed by atoms with Crippen LogP contribution in [0.4, 0.5) is 14.6 Å². The number of nitrogen functional groups attached to an aromatic ring is 1. The summed E-state index contributed by atoms with van der Waals surface area (Å²) in [5, 5.41) is 0.382. The first-order valence-corrected chi connectivity index (χ1v) is 13.8. The summed E-state index contributed by atoms with van der Waals surface area (Å²) in [5.41, 5.74) is 7.29. The highest BCUT2D eigenvalue weighted by atomic mass is 19.3. The van der Waals surface area contributed by atoms with Gasteiger partial charge in [0.15, 0.2) is 0 Å². The van der Waals surface area contributed by atoms with Gasteiger partial charge in [-0.25, -0.2) is 18.7 Å². The van der Waals surface area contributed by atoms with Crippen molar-refractivity contribution in [2.75, 3.05) is 32.4 Å². The zero-order valence-corrected chi connectivity index (χ0v) is 22.8. The number of ether oxygens (including phenoxy) is 1. The van der Waals surface area contributed by atoms with Crippen LogP contribution in [0.1, 0.15) is 44.9 Å². The number of rotatable bonds is 9. The molecule has 1 aliphatic heterocycles. The zero-order valence-electron chi connectivity index (χ0n) is 22.8. The highest BCUT2D eigenvalue weighted by Crippen LogP contribution is 2.44. The predicted octanol–water partition coefficient (Wildman–Crippen LogP) is 6.47. The highest BCUT2D eigenvalue weighted by Gasteiger charge is 2.35. The third-order valence-corrected chi connectivity index (χ3v) is 7.84. The minimum Gasteiger partial charge on any atom is -0.457 e. The number of amides is 1. The zero-order chi connectivity index (χ0) is 28.5. The van der Waals surface area contributed by atoms with Crippen LogP contribution in [0.5, 0.6) is 11.5 Å². The lowest BCUT2D eigenvalue weighted by molar-refractivity contribution is -0.125. The van der Waals surface area contributed by atoms with Gasteiger partial charge in [0.2, 0.25) is 5.91 Å². The number of halogens is 2. The van der Waals surface area contributed by atoms with Crippen LogP contribution in [-0.4, -0.2) is 63.0 Å². The molecular formula is C32H36F2N6O2. The molecule has 1 saturated carbocycles. The van der Waals surface area contributed by atoms with Crippen LogP contribution in [0.3, 0.4) is 0 Å². The molecule has 6 rings (SSSR count). The third kappa shape index (κ3) is 5.85. The molecule has 2 aromatic heterocycles. The average molecular weight is 575 g/mol. The molecular weight excluding hydrogens is 538 g/mol. The normalized spacial score (nSPS) is 17.0. The van der Waals surface area contributed by atoms with Crippen LogP contribution >= 0.6 is 0 Å². The number of likely N-dealkylation sites (tertiary alicyclic amines) is 1. The Morgan fingerprint density at radius 1 is 1.10 bits per heavy atom. The van der Waals surface area contributed by atoms with E-state index in [1.807, 2.05) is 36.4 Å². The first-order chi connectivity index (χ1) is 19.9. The van der Waals surface area contributed by atoms with Gasteiger partial charge in [-0.2, -0.15) is 0 Å². The summed E-state index contributed by atoms with van der Waals surface area (Å²) in [4.78, 5) is 25.4. The van der Waals surface area contributed by atoms with Gasteiger partial charge in [-0.15, -0.1) is 0 Å². The molecule has 220 valence electrons. The molecule has 3 heterocycles. The second kappa shape index (κ2) is 12.3. The Labute approximate surface area is 244 Å². The molecule has 2 N–H and O–H groups in total. The van der Waals surface area contributed by atoms with E-state index < -0.39 is 6.43 Å². The molecule has 0 bridgehead atoms. The topological polar surface area (TPSA) is 89.5 Å². The average Bonchev–Trinajstić information content (AvgIpc) is 3.60. The van der Waals surface area contributed by atoms with Crippen molar-refractivity contribution in [1.82, 2.24) is 24.3 Å². The van der Waals surface area contributed by atoms with Crippen molar-refractivity contribution in [3.8, 4) is 22.6 Å². The first-order valence-electron chi connectivity index (χ1n) is 13.8. The summed E-state index contributed by atoms with van der Waals surface area (Å²) in [6.07, 6.45) is 4.88. The van der Waals surface area contributed by atoms with E-state index in [4.69, 9.17) is 10.5 Å². The number of likely N-dealkylation sites (N-methyl/N-ethyl adjacent to an activating group) is 1. The number of alkyl halides is 2. The smallest absolute Gasteiger partial charge is 0.279 e. The maximum atomic E-state index is 14.9. The van der Waals surface area contributed by atoms with Crippen molar-refractivity contribution in [2.45, 2.75) is 45.2 Å². The summed E-state index contributed by atoms with van der Waals surface area (Å²) in [6, 6.07) is 16.5. The van der Waals surface area contributed by atoms with Gasteiger partial charge in [0.05, 0.1) is 17.1 Å². The molecule has 1 aliphatic carbocycles. The van der Waals surface area contributed by atoms with Crippen molar-refractivity contribution in [3.63, 3.8) is 0 Å². The van der Waals surface area contributed by atoms with Crippen molar-refractivity contribution in [3.05, 3.63) is 78.8 Å². The van der Waals surface area contributed by atoms with Gasteiger partial charge in [-0.1, -0.05) is 43.8 Å². The fourth-order valence-corrected chi connectivity index (χ4v) is 5.61. The van der Waals surface area contributed by atoms with Gasteiger partial charge < -0.3 is 19.9 Å². The monoisotopic (exact) mass is 574 g/mol. The van der Waals surface area contributed by atoms with Gasteiger partial charge in [0.1, 0.15) is 29.3 Å². The number of hydrogen-bond acceptors (Lipinski definition) is 6. The van der Waals surface area contributed by atoms with E-state index >= 15 is 0 Å². The van der Waals surface area contributed by atoms with Crippen LogP contribution in [0.2, 0.25) is 0 Å². The number of carbonyl (C=O) groups is 1. The molecule has 0 spiro atoms. The predicted molar refractivity (Wildman–Crippen MR) is 161 cm³/mol. The van der Waals surface area contributed by atoms with Gasteiger partial charge in [-0.3, -0.25) is 9.69 Å². The molecule has 1 amide bonds. The molecule has 4 aromatic rings. The van der Waals surface area contributed by atoms with Crippen LogP contribution in [0, 0.1) is 0 Å². The fraction of sp³-hybridized carbons (Fsp3) is 0.344. The van der Waals surface area contributed by atoms with Gasteiger partial charge in [0.25, 0.3) is 6.43 Å². The summed E-state index contributed by atoms with van der Waals surface area (Å²) in [5.74, 6) is 1.26. The standard InChI is InChI=1S/C31H32F2N6O2.CH4/c1-37(21-11-12-21)16-5-8-25(40)38-17-15-22(18-38)39-28(29(32)33)26(27-30(34)35-19-36-31(27)39)20-9-13-24(14-10-20)41-23-6-3-2-4-7-23;/h2-10,13-14,19,21-22,29H,11-12,15-18H2,1H3,(H2,34,35,36);1H4/b8-5+;/t22-;/m1./s1. The molecule has 0 unspecified atom stereocenters. The number of nitrogens with two attached hydrogens (primary N) is 1. The van der Waals surface area contributed by atoms with E-state index in [1.54, 1.807) is 39.8 Å². The van der Waals surface area contributed by atoms with Crippen LogP contribution in [0.25, 0.3) is 22.2 Å². The molecule has 1 atom stereocenters. The number of aromatic nitrogens is 3. The molecule has 0 radical (unpaired) electrons. The van der Waals surface area contributed by atoms with Crippen molar-refractivity contribution >= 4 is 22.8 Å². The van der Waals surface area contributed by atoms with E-state index in [0.29, 0.717) is 65.8 Å². The van der Waals surface area contributed by atoms with Gasteiger partial charge >= 0.3 is 0 Å². The quantitative estimate of drug-likeness (QED) is 0.231. The number of fused-ring (bicyclic) bond motifs is 1. The SMILES string of the molecule is C.CN(C/C=C/C(=O)N1CC[C@@H](n2c(C(F)F)c(-c3ccc(Oc4ccccc4)cc3)c3c(N)ncnc32)C1)C1CC1. The van der Waals surface area contributed by atoms with E-state index in [2.05, 4.69) is 21.9 Å². The molecule has 2 aromatic carbocycles. The first kappa shape index (κ1) is 29.2. The van der Waals surface area contributed by atoms with Gasteiger partial charge in [0, 0.05) is 37.3 Å². The van der Waals surface area contributed by atoms with E-state index in [1.165, 1.54) is 19.2 Å². The number of nitrogens with zero attached hydrogens (tertiary/aromatic N) is 5. The number of benzene rings is 2. The minimum absolute atomic E-state index is 0. The molecule has 2 fully saturated rings. The van der Waals surface area contributed by atoms with Crippen LogP contribution in [-0.2, 0) is 4.79 Å². The summed E-state index contributed by atoms with van der Waals surface area (Å²) >= 11 is 0. The molecule has 10 heteroatoms. The Morgan fingerprint density at radius 2 is 1.81 bits per heavy atom. The summed E-state index contributed by atoms with van der Waals surface area (Å²) in [6.45, 7) is 1.48. The van der Waals surface area contributed by atoms with Crippen molar-refractivity contribution in [2.24, 2.45) is 0 Å².